The van der Waals surface area contributed by atoms with E-state index in [-0.39, 0.29) is 6.54 Å². The van der Waals surface area contributed by atoms with Gasteiger partial charge in [-0.05, 0) is 6.07 Å². The summed E-state index contributed by atoms with van der Waals surface area (Å²) in [6.45, 7) is -0.357. The second-order valence-electron chi connectivity index (χ2n) is 3.13. The van der Waals surface area contributed by atoms with E-state index in [0.717, 1.165) is 4.90 Å². The molecule has 1 rings (SSSR count). The number of carboxylic acids is 1. The van der Waals surface area contributed by atoms with Crippen molar-refractivity contribution < 1.29 is 19.4 Å². The van der Waals surface area contributed by atoms with Gasteiger partial charge in [0.2, 0.25) is 0 Å². The number of amides is 1. The van der Waals surface area contributed by atoms with Crippen LogP contribution in [-0.4, -0.2) is 47.6 Å². The summed E-state index contributed by atoms with van der Waals surface area (Å²) in [4.78, 5) is 27.2. The topological polar surface area (TPSA) is 79.7 Å². The molecule has 16 heavy (non-hydrogen) atoms. The molecule has 0 radical (unpaired) electrons. The molecule has 0 unspecified atom stereocenters. The van der Waals surface area contributed by atoms with E-state index in [0.29, 0.717) is 11.3 Å². The van der Waals surface area contributed by atoms with Gasteiger partial charge < -0.3 is 14.7 Å². The third kappa shape index (κ3) is 2.69. The third-order valence-electron chi connectivity index (χ3n) is 1.95. The molecule has 0 saturated heterocycles. The number of aromatic nitrogens is 1. The van der Waals surface area contributed by atoms with Crippen molar-refractivity contribution in [2.75, 3.05) is 20.7 Å². The minimum absolute atomic E-state index is 0.293. The van der Waals surface area contributed by atoms with Crippen LogP contribution in [-0.2, 0) is 4.79 Å². The number of carboxylic acid groups (broad SMARTS) is 1. The largest absolute Gasteiger partial charge is 0.494 e. The highest BCUT2D eigenvalue weighted by atomic mass is 16.5. The molecule has 6 heteroatoms. The van der Waals surface area contributed by atoms with Gasteiger partial charge in [-0.3, -0.25) is 14.6 Å². The molecule has 0 aliphatic carbocycles. The van der Waals surface area contributed by atoms with Crippen molar-refractivity contribution in [1.82, 2.24) is 9.88 Å². The maximum absolute atomic E-state index is 11.8. The highest BCUT2D eigenvalue weighted by molar-refractivity contribution is 5.97. The minimum atomic E-state index is -1.07. The second kappa shape index (κ2) is 5.11. The number of hydrogen-bond donors (Lipinski definition) is 1. The van der Waals surface area contributed by atoms with Gasteiger partial charge in [-0.25, -0.2) is 0 Å². The lowest BCUT2D eigenvalue weighted by Gasteiger charge is -2.15. The van der Waals surface area contributed by atoms with Gasteiger partial charge >= 0.3 is 5.97 Å². The van der Waals surface area contributed by atoms with Gasteiger partial charge in [-0.2, -0.15) is 0 Å². The minimum Gasteiger partial charge on any atom is -0.494 e. The summed E-state index contributed by atoms with van der Waals surface area (Å²) < 4.78 is 4.96. The number of hydrogen-bond acceptors (Lipinski definition) is 4. The number of ether oxygens (including phenoxy) is 1. The Morgan fingerprint density at radius 2 is 2.25 bits per heavy atom. The first-order valence-corrected chi connectivity index (χ1v) is 4.51. The summed E-state index contributed by atoms with van der Waals surface area (Å²) in [5, 5.41) is 8.57. The Balaban J connectivity index is 2.91. The van der Waals surface area contributed by atoms with Crippen LogP contribution in [0, 0.1) is 0 Å². The van der Waals surface area contributed by atoms with Gasteiger partial charge in [-0.1, -0.05) is 0 Å². The van der Waals surface area contributed by atoms with Crippen LogP contribution in [0.25, 0.3) is 0 Å². The zero-order valence-electron chi connectivity index (χ0n) is 9.01. The fourth-order valence-corrected chi connectivity index (χ4v) is 1.20. The highest BCUT2D eigenvalue weighted by Crippen LogP contribution is 2.17. The SMILES string of the molecule is COc1cnccc1C(=O)N(C)CC(=O)O. The summed E-state index contributed by atoms with van der Waals surface area (Å²) >= 11 is 0. The number of likely N-dealkylation sites (N-methyl/N-ethyl adjacent to an activating group) is 1. The van der Waals surface area contributed by atoms with Crippen LogP contribution >= 0.6 is 0 Å². The zero-order chi connectivity index (χ0) is 12.1. The van der Waals surface area contributed by atoms with Crippen LogP contribution in [0.2, 0.25) is 0 Å². The molecule has 86 valence electrons. The molecule has 0 atom stereocenters. The maximum Gasteiger partial charge on any atom is 0.323 e. The molecule has 1 aromatic heterocycles. The van der Waals surface area contributed by atoms with Crippen molar-refractivity contribution in [3.8, 4) is 5.75 Å². The lowest BCUT2D eigenvalue weighted by Crippen LogP contribution is -2.32. The molecule has 1 amide bonds. The van der Waals surface area contributed by atoms with Crippen molar-refractivity contribution in [1.29, 1.82) is 0 Å². The van der Waals surface area contributed by atoms with E-state index >= 15 is 0 Å². The van der Waals surface area contributed by atoms with Crippen LogP contribution in [0.1, 0.15) is 10.4 Å². The number of pyridine rings is 1. The van der Waals surface area contributed by atoms with Crippen LogP contribution in [0.15, 0.2) is 18.5 Å². The van der Waals surface area contributed by atoms with Crippen LogP contribution in [0.3, 0.4) is 0 Å². The molecule has 0 aromatic carbocycles. The smallest absolute Gasteiger partial charge is 0.323 e. The summed E-state index contributed by atoms with van der Waals surface area (Å²) in [6, 6.07) is 1.49. The second-order valence-corrected chi connectivity index (χ2v) is 3.13. The average molecular weight is 224 g/mol. The van der Waals surface area contributed by atoms with Crippen molar-refractivity contribution in [3.63, 3.8) is 0 Å². The van der Waals surface area contributed by atoms with E-state index in [1.54, 1.807) is 0 Å². The van der Waals surface area contributed by atoms with E-state index in [1.807, 2.05) is 0 Å². The lowest BCUT2D eigenvalue weighted by atomic mass is 10.2. The molecule has 0 saturated carbocycles. The van der Waals surface area contributed by atoms with Crippen LogP contribution in [0.5, 0.6) is 5.75 Å². The quantitative estimate of drug-likeness (QED) is 0.792. The number of aliphatic carboxylic acids is 1. The van der Waals surface area contributed by atoms with Crippen molar-refractivity contribution in [2.45, 2.75) is 0 Å². The molecule has 0 aliphatic heterocycles. The standard InChI is InChI=1S/C10H12N2O4/c1-12(6-9(13)14)10(15)7-3-4-11-5-8(7)16-2/h3-5H,6H2,1-2H3,(H,13,14). The summed E-state index contributed by atoms with van der Waals surface area (Å²) in [5.74, 6) is -1.16. The molecule has 1 aromatic rings. The molecule has 0 spiro atoms. The van der Waals surface area contributed by atoms with Gasteiger partial charge in [0.1, 0.15) is 12.3 Å². The molecule has 1 heterocycles. The fourth-order valence-electron chi connectivity index (χ4n) is 1.20. The molecular weight excluding hydrogens is 212 g/mol. The predicted octanol–water partition coefficient (Wildman–Crippen LogP) is 0.247. The molecule has 0 aliphatic rings. The van der Waals surface area contributed by atoms with E-state index in [1.165, 1.54) is 32.6 Å². The van der Waals surface area contributed by atoms with Crippen molar-refractivity contribution >= 4 is 11.9 Å². The highest BCUT2D eigenvalue weighted by Gasteiger charge is 2.17. The molecular formula is C10H12N2O4. The predicted molar refractivity (Wildman–Crippen MR) is 55.4 cm³/mol. The Morgan fingerprint density at radius 3 is 2.81 bits per heavy atom. The summed E-state index contributed by atoms with van der Waals surface area (Å²) in [5.41, 5.74) is 0.293. The Morgan fingerprint density at radius 1 is 1.56 bits per heavy atom. The molecule has 1 N–H and O–H groups in total. The molecule has 0 fully saturated rings. The fraction of sp³-hybridized carbons (Fsp3) is 0.300. The number of methoxy groups -OCH3 is 1. The Labute approximate surface area is 92.5 Å². The summed E-state index contributed by atoms with van der Waals surface area (Å²) in [7, 11) is 2.83. The maximum atomic E-state index is 11.8. The van der Waals surface area contributed by atoms with Gasteiger partial charge in [0.15, 0.2) is 0 Å². The normalized spacial score (nSPS) is 9.62. The van der Waals surface area contributed by atoms with Gasteiger partial charge in [0.25, 0.3) is 5.91 Å². The van der Waals surface area contributed by atoms with Crippen LogP contribution < -0.4 is 4.74 Å². The van der Waals surface area contributed by atoms with E-state index in [2.05, 4.69) is 4.98 Å². The molecule has 0 bridgehead atoms. The van der Waals surface area contributed by atoms with Crippen LogP contribution in [0.4, 0.5) is 0 Å². The van der Waals surface area contributed by atoms with E-state index in [4.69, 9.17) is 9.84 Å². The van der Waals surface area contributed by atoms with Gasteiger partial charge in [0.05, 0.1) is 18.9 Å². The van der Waals surface area contributed by atoms with E-state index < -0.39 is 11.9 Å². The lowest BCUT2D eigenvalue weighted by molar-refractivity contribution is -0.137. The Bertz CT molecular complexity index is 406. The first kappa shape index (κ1) is 12.0. The zero-order valence-corrected chi connectivity index (χ0v) is 9.01. The number of carbonyl (C=O) groups is 2. The monoisotopic (exact) mass is 224 g/mol. The number of nitrogens with zero attached hydrogens (tertiary/aromatic N) is 2. The average Bonchev–Trinajstić information content (AvgIpc) is 2.27. The van der Waals surface area contributed by atoms with Crippen molar-refractivity contribution in [2.24, 2.45) is 0 Å². The summed E-state index contributed by atoms with van der Waals surface area (Å²) in [6.07, 6.45) is 2.85. The van der Waals surface area contributed by atoms with Crippen molar-refractivity contribution in [3.05, 3.63) is 24.0 Å². The Kier molecular flexibility index (Phi) is 3.82. The van der Waals surface area contributed by atoms with Gasteiger partial charge in [-0.15, -0.1) is 0 Å². The first-order chi connectivity index (χ1) is 7.56. The number of carbonyl (C=O) groups excluding carboxylic acids is 1. The number of rotatable bonds is 4. The first-order valence-electron chi connectivity index (χ1n) is 4.51. The Hall–Kier alpha value is -2.11. The molecule has 6 nitrogen and oxygen atoms in total. The third-order valence-corrected chi connectivity index (χ3v) is 1.95. The van der Waals surface area contributed by atoms with Gasteiger partial charge in [0, 0.05) is 13.2 Å². The van der Waals surface area contributed by atoms with E-state index in [9.17, 15) is 9.59 Å².